The van der Waals surface area contributed by atoms with E-state index in [1.54, 1.807) is 30.4 Å². The lowest BCUT2D eigenvalue weighted by molar-refractivity contribution is 0.972. The molecule has 0 spiro atoms. The normalized spacial score (nSPS) is 11.4. The molecule has 0 radical (unpaired) electrons. The van der Waals surface area contributed by atoms with Crippen LogP contribution in [0.4, 0.5) is 5.95 Å². The molecule has 0 aliphatic rings. The minimum Gasteiger partial charge on any atom is -0.265 e. The SMILES string of the molecule is C/C(=N\Nc1nc(SCc2ccncc2)n[nH]1)c1ccccn1. The number of hydrogen-bond acceptors (Lipinski definition) is 7. The van der Waals surface area contributed by atoms with E-state index in [1.165, 1.54) is 5.56 Å². The van der Waals surface area contributed by atoms with E-state index < -0.39 is 0 Å². The average Bonchev–Trinajstić information content (AvgIpc) is 3.07. The molecule has 7 nitrogen and oxygen atoms in total. The highest BCUT2D eigenvalue weighted by atomic mass is 32.2. The Kier molecular flexibility index (Phi) is 4.95. The lowest BCUT2D eigenvalue weighted by atomic mass is 10.3. The molecule has 0 saturated carbocycles. The standard InChI is InChI=1S/C15H15N7S/c1-11(13-4-2-3-7-17-13)19-20-14-18-15(22-21-14)23-10-12-5-8-16-9-6-12/h2-9H,10H2,1H3,(H2,18,20,21,22)/b19-11+. The maximum atomic E-state index is 4.33. The third-order valence-electron chi connectivity index (χ3n) is 2.95. The molecule has 116 valence electrons. The molecule has 0 aromatic carbocycles. The van der Waals surface area contributed by atoms with Crippen LogP contribution in [0.3, 0.4) is 0 Å². The van der Waals surface area contributed by atoms with Crippen LogP contribution in [0.5, 0.6) is 0 Å². The first-order valence-corrected chi connectivity index (χ1v) is 7.95. The van der Waals surface area contributed by atoms with Crippen molar-refractivity contribution in [3.63, 3.8) is 0 Å². The van der Waals surface area contributed by atoms with Crippen molar-refractivity contribution in [2.75, 3.05) is 5.43 Å². The van der Waals surface area contributed by atoms with Gasteiger partial charge in [-0.05, 0) is 36.8 Å². The summed E-state index contributed by atoms with van der Waals surface area (Å²) in [5.74, 6) is 1.29. The Morgan fingerprint density at radius 1 is 1.22 bits per heavy atom. The molecular weight excluding hydrogens is 310 g/mol. The first-order chi connectivity index (χ1) is 11.3. The number of nitrogens with zero attached hydrogens (tertiary/aromatic N) is 5. The predicted molar refractivity (Wildman–Crippen MR) is 90.3 cm³/mol. The summed E-state index contributed by atoms with van der Waals surface area (Å²) < 4.78 is 0. The highest BCUT2D eigenvalue weighted by molar-refractivity contribution is 7.98. The molecule has 0 atom stereocenters. The van der Waals surface area contributed by atoms with Gasteiger partial charge in [0, 0.05) is 24.3 Å². The summed E-state index contributed by atoms with van der Waals surface area (Å²) in [4.78, 5) is 12.6. The van der Waals surface area contributed by atoms with Crippen molar-refractivity contribution in [3.8, 4) is 0 Å². The summed E-state index contributed by atoms with van der Waals surface area (Å²) in [5, 5.41) is 11.9. The number of pyridine rings is 2. The van der Waals surface area contributed by atoms with Gasteiger partial charge >= 0.3 is 0 Å². The molecule has 3 heterocycles. The van der Waals surface area contributed by atoms with Gasteiger partial charge in [0.05, 0.1) is 11.4 Å². The molecule has 0 bridgehead atoms. The van der Waals surface area contributed by atoms with Crippen molar-refractivity contribution in [3.05, 3.63) is 60.2 Å². The van der Waals surface area contributed by atoms with Crippen LogP contribution in [-0.4, -0.2) is 30.9 Å². The number of nitrogens with one attached hydrogen (secondary N) is 2. The van der Waals surface area contributed by atoms with Gasteiger partial charge in [0.2, 0.25) is 11.1 Å². The van der Waals surface area contributed by atoms with Gasteiger partial charge in [-0.2, -0.15) is 10.1 Å². The number of hydrazone groups is 1. The molecule has 0 amide bonds. The van der Waals surface area contributed by atoms with Crippen LogP contribution < -0.4 is 5.43 Å². The zero-order valence-corrected chi connectivity index (χ0v) is 13.3. The van der Waals surface area contributed by atoms with Crippen LogP contribution in [0, 0.1) is 0 Å². The van der Waals surface area contributed by atoms with E-state index in [1.807, 2.05) is 37.3 Å². The maximum absolute atomic E-state index is 4.33. The number of aromatic amines is 1. The minimum absolute atomic E-state index is 0.498. The third kappa shape index (κ3) is 4.36. The molecule has 0 aliphatic carbocycles. The van der Waals surface area contributed by atoms with Gasteiger partial charge in [0.25, 0.3) is 0 Å². The molecule has 3 aromatic rings. The number of anilines is 1. The van der Waals surface area contributed by atoms with Crippen molar-refractivity contribution in [2.24, 2.45) is 5.10 Å². The minimum atomic E-state index is 0.498. The number of rotatable bonds is 6. The molecule has 0 aliphatic heterocycles. The van der Waals surface area contributed by atoms with Crippen molar-refractivity contribution in [1.29, 1.82) is 0 Å². The highest BCUT2D eigenvalue weighted by Crippen LogP contribution is 2.19. The van der Waals surface area contributed by atoms with E-state index >= 15 is 0 Å². The molecule has 8 heteroatoms. The predicted octanol–water partition coefficient (Wildman–Crippen LogP) is 2.72. The van der Waals surface area contributed by atoms with E-state index in [4.69, 9.17) is 0 Å². The third-order valence-corrected chi connectivity index (χ3v) is 3.87. The zero-order chi connectivity index (χ0) is 15.9. The molecule has 3 rings (SSSR count). The van der Waals surface area contributed by atoms with Crippen LogP contribution in [0.25, 0.3) is 0 Å². The first kappa shape index (κ1) is 15.2. The Morgan fingerprint density at radius 2 is 2.09 bits per heavy atom. The summed E-state index contributed by atoms with van der Waals surface area (Å²) in [7, 11) is 0. The Labute approximate surface area is 137 Å². The molecule has 2 N–H and O–H groups in total. The summed E-state index contributed by atoms with van der Waals surface area (Å²) in [6, 6.07) is 9.63. The quantitative estimate of drug-likeness (QED) is 0.411. The number of H-pyrrole nitrogens is 1. The largest absolute Gasteiger partial charge is 0.265 e. The van der Waals surface area contributed by atoms with Gasteiger partial charge in [0.15, 0.2) is 0 Å². The molecule has 0 fully saturated rings. The summed E-state index contributed by atoms with van der Waals surface area (Å²) in [6.07, 6.45) is 5.28. The van der Waals surface area contributed by atoms with E-state index in [-0.39, 0.29) is 0 Å². The molecule has 3 aromatic heterocycles. The van der Waals surface area contributed by atoms with Crippen LogP contribution in [0.1, 0.15) is 18.2 Å². The Hall–Kier alpha value is -2.74. The topological polar surface area (TPSA) is 91.7 Å². The van der Waals surface area contributed by atoms with E-state index in [0.29, 0.717) is 11.1 Å². The van der Waals surface area contributed by atoms with Crippen LogP contribution in [0.15, 0.2) is 59.2 Å². The second-order valence-corrected chi connectivity index (χ2v) is 5.58. The van der Waals surface area contributed by atoms with Gasteiger partial charge in [0.1, 0.15) is 0 Å². The zero-order valence-electron chi connectivity index (χ0n) is 12.5. The second-order valence-electron chi connectivity index (χ2n) is 4.63. The fourth-order valence-corrected chi connectivity index (χ4v) is 2.51. The van der Waals surface area contributed by atoms with Gasteiger partial charge in [-0.25, -0.2) is 10.5 Å². The second kappa shape index (κ2) is 7.50. The average molecular weight is 325 g/mol. The summed E-state index contributed by atoms with van der Waals surface area (Å²) in [5.41, 5.74) is 5.61. The maximum Gasteiger partial charge on any atom is 0.240 e. The lowest BCUT2D eigenvalue weighted by Gasteiger charge is -1.99. The Balaban J connectivity index is 1.57. The van der Waals surface area contributed by atoms with E-state index in [9.17, 15) is 0 Å². The fourth-order valence-electron chi connectivity index (χ4n) is 1.76. The Bertz CT molecular complexity index is 771. The van der Waals surface area contributed by atoms with Gasteiger partial charge < -0.3 is 0 Å². The van der Waals surface area contributed by atoms with Crippen molar-refractivity contribution >= 4 is 23.4 Å². The van der Waals surface area contributed by atoms with E-state index in [0.717, 1.165) is 17.2 Å². The highest BCUT2D eigenvalue weighted by Gasteiger charge is 2.04. The van der Waals surface area contributed by atoms with Gasteiger partial charge in [-0.3, -0.25) is 9.97 Å². The van der Waals surface area contributed by atoms with E-state index in [2.05, 4.69) is 35.7 Å². The van der Waals surface area contributed by atoms with Gasteiger partial charge in [-0.15, -0.1) is 5.10 Å². The lowest BCUT2D eigenvalue weighted by Crippen LogP contribution is -2.02. The molecule has 0 saturated heterocycles. The van der Waals surface area contributed by atoms with Crippen LogP contribution in [0.2, 0.25) is 0 Å². The molecular formula is C15H15N7S. The van der Waals surface area contributed by atoms with Crippen molar-refractivity contribution in [2.45, 2.75) is 17.8 Å². The number of hydrogen-bond donors (Lipinski definition) is 2. The summed E-state index contributed by atoms with van der Waals surface area (Å²) in [6.45, 7) is 1.88. The molecule has 23 heavy (non-hydrogen) atoms. The number of aromatic nitrogens is 5. The smallest absolute Gasteiger partial charge is 0.240 e. The van der Waals surface area contributed by atoms with Crippen molar-refractivity contribution in [1.82, 2.24) is 25.1 Å². The first-order valence-electron chi connectivity index (χ1n) is 6.97. The monoisotopic (exact) mass is 325 g/mol. The molecule has 0 unspecified atom stereocenters. The van der Waals surface area contributed by atoms with Crippen molar-refractivity contribution < 1.29 is 0 Å². The van der Waals surface area contributed by atoms with Crippen LogP contribution >= 0.6 is 11.8 Å². The van der Waals surface area contributed by atoms with Gasteiger partial charge in [-0.1, -0.05) is 17.8 Å². The Morgan fingerprint density at radius 3 is 2.87 bits per heavy atom. The number of thioether (sulfide) groups is 1. The van der Waals surface area contributed by atoms with Crippen LogP contribution in [-0.2, 0) is 5.75 Å². The fraction of sp³-hybridized carbons (Fsp3) is 0.133. The summed E-state index contributed by atoms with van der Waals surface area (Å²) >= 11 is 1.54.